The molecule has 4 rings (SSSR count). The van der Waals surface area contributed by atoms with Crippen LogP contribution in [0.25, 0.3) is 21.6 Å². The molecule has 0 bridgehead atoms. The lowest BCUT2D eigenvalue weighted by Gasteiger charge is -2.14. The summed E-state index contributed by atoms with van der Waals surface area (Å²) in [5.74, 6) is 0.934. The highest BCUT2D eigenvalue weighted by Gasteiger charge is 2.21. The first-order valence-corrected chi connectivity index (χ1v) is 10.2. The van der Waals surface area contributed by atoms with Crippen LogP contribution in [-0.2, 0) is 7.05 Å². The third-order valence-electron chi connectivity index (χ3n) is 4.97. The highest BCUT2D eigenvalue weighted by Crippen LogP contribution is 2.34. The highest BCUT2D eigenvalue weighted by molar-refractivity contribution is 7.13. The molecule has 0 aliphatic carbocycles. The number of fused-ring (bicyclic) bond motifs is 1. The number of anilines is 1. The van der Waals surface area contributed by atoms with Crippen molar-refractivity contribution in [2.45, 2.75) is 13.8 Å². The van der Waals surface area contributed by atoms with Crippen molar-refractivity contribution in [2.24, 2.45) is 7.05 Å². The summed E-state index contributed by atoms with van der Waals surface area (Å²) < 4.78 is 12.4. The molecule has 0 saturated heterocycles. The van der Waals surface area contributed by atoms with Crippen molar-refractivity contribution in [3.05, 3.63) is 52.5 Å². The zero-order valence-electron chi connectivity index (χ0n) is 17.4. The molecule has 8 heteroatoms. The molecule has 0 fully saturated rings. The van der Waals surface area contributed by atoms with E-state index < -0.39 is 0 Å². The maximum absolute atomic E-state index is 13.4. The van der Waals surface area contributed by atoms with Crippen molar-refractivity contribution in [3.63, 3.8) is 0 Å². The quantitative estimate of drug-likeness (QED) is 0.509. The number of nitrogens with one attached hydrogen (secondary N) is 1. The molecule has 0 aliphatic heterocycles. The predicted molar refractivity (Wildman–Crippen MR) is 119 cm³/mol. The number of hydrogen-bond acceptors (Lipinski definition) is 6. The van der Waals surface area contributed by atoms with Crippen molar-refractivity contribution < 1.29 is 14.3 Å². The normalized spacial score (nSPS) is 11.0. The van der Waals surface area contributed by atoms with Gasteiger partial charge in [-0.15, -0.1) is 11.3 Å². The van der Waals surface area contributed by atoms with Gasteiger partial charge in [-0.1, -0.05) is 6.07 Å². The van der Waals surface area contributed by atoms with Gasteiger partial charge in [-0.25, -0.2) is 4.98 Å². The largest absolute Gasteiger partial charge is 0.493 e. The average Bonchev–Trinajstić information content (AvgIpc) is 3.37. The molecule has 1 N–H and O–H groups in total. The number of methoxy groups -OCH3 is 2. The van der Waals surface area contributed by atoms with E-state index in [4.69, 9.17) is 14.5 Å². The Balaban J connectivity index is 1.82. The van der Waals surface area contributed by atoms with Crippen LogP contribution in [0.15, 0.2) is 35.7 Å². The summed E-state index contributed by atoms with van der Waals surface area (Å²) in [7, 11) is 4.98. The van der Waals surface area contributed by atoms with Crippen LogP contribution in [0, 0.1) is 13.8 Å². The van der Waals surface area contributed by atoms with Gasteiger partial charge in [-0.3, -0.25) is 9.48 Å². The van der Waals surface area contributed by atoms with Gasteiger partial charge in [0.15, 0.2) is 17.1 Å². The fourth-order valence-electron chi connectivity index (χ4n) is 3.48. The molecule has 1 aromatic carbocycles. The Hall–Kier alpha value is -3.39. The Kier molecular flexibility index (Phi) is 5.17. The number of ether oxygens (including phenoxy) is 2. The topological polar surface area (TPSA) is 78.3 Å². The monoisotopic (exact) mass is 422 g/mol. The number of benzene rings is 1. The zero-order chi connectivity index (χ0) is 21.4. The van der Waals surface area contributed by atoms with Crippen LogP contribution in [0.1, 0.15) is 21.6 Å². The number of amides is 1. The second-order valence-corrected chi connectivity index (χ2v) is 7.86. The molecule has 1 amide bonds. The molecule has 154 valence electrons. The van der Waals surface area contributed by atoms with Crippen molar-refractivity contribution in [1.29, 1.82) is 0 Å². The molecule has 3 aromatic heterocycles. The van der Waals surface area contributed by atoms with Gasteiger partial charge in [0.1, 0.15) is 0 Å². The van der Waals surface area contributed by atoms with Gasteiger partial charge in [0.2, 0.25) is 0 Å². The predicted octanol–water partition coefficient (Wildman–Crippen LogP) is 4.58. The molecule has 0 aliphatic rings. The van der Waals surface area contributed by atoms with Crippen molar-refractivity contribution in [2.75, 3.05) is 19.5 Å². The zero-order valence-corrected chi connectivity index (χ0v) is 18.3. The Labute approximate surface area is 178 Å². The minimum atomic E-state index is -0.230. The van der Waals surface area contributed by atoms with E-state index in [9.17, 15) is 4.79 Å². The number of carbonyl (C=O) groups excluding carboxylic acids is 1. The van der Waals surface area contributed by atoms with Gasteiger partial charge in [0.05, 0.1) is 41.4 Å². The number of aryl methyl sites for hydroxylation is 3. The SMILES string of the molecule is COc1cc(C)c(NC(=O)c2cc(-c3cccs3)nc3c2c(C)nn3C)cc1OC. The molecule has 0 saturated carbocycles. The standard InChI is InChI=1S/C22H22N4O3S/c1-12-9-17(28-4)18(29-5)11-15(12)24-22(27)14-10-16(19-7-6-8-30-19)23-21-20(14)13(2)25-26(21)3/h6-11H,1-5H3,(H,24,27). The Morgan fingerprint density at radius 3 is 2.53 bits per heavy atom. The van der Waals surface area contributed by atoms with Gasteiger partial charge in [0, 0.05) is 18.8 Å². The van der Waals surface area contributed by atoms with Crippen LogP contribution >= 0.6 is 11.3 Å². The van der Waals surface area contributed by atoms with E-state index in [2.05, 4.69) is 10.4 Å². The van der Waals surface area contributed by atoms with E-state index in [0.717, 1.165) is 27.2 Å². The molecule has 3 heterocycles. The summed E-state index contributed by atoms with van der Waals surface area (Å²) in [5.41, 5.74) is 4.23. The van der Waals surface area contributed by atoms with Crippen LogP contribution in [0.4, 0.5) is 5.69 Å². The lowest BCUT2D eigenvalue weighted by Crippen LogP contribution is -2.14. The lowest BCUT2D eigenvalue weighted by atomic mass is 10.1. The second-order valence-electron chi connectivity index (χ2n) is 6.92. The van der Waals surface area contributed by atoms with E-state index in [1.807, 2.05) is 50.5 Å². The Morgan fingerprint density at radius 2 is 1.87 bits per heavy atom. The van der Waals surface area contributed by atoms with Crippen molar-refractivity contribution in [3.8, 4) is 22.1 Å². The van der Waals surface area contributed by atoms with Crippen LogP contribution in [0.3, 0.4) is 0 Å². The molecule has 30 heavy (non-hydrogen) atoms. The molecule has 0 atom stereocenters. The lowest BCUT2D eigenvalue weighted by molar-refractivity contribution is 0.102. The third kappa shape index (κ3) is 3.39. The average molecular weight is 423 g/mol. The summed E-state index contributed by atoms with van der Waals surface area (Å²) in [5, 5.41) is 10.2. The number of nitrogens with zero attached hydrogens (tertiary/aromatic N) is 3. The minimum absolute atomic E-state index is 0.230. The number of hydrogen-bond donors (Lipinski definition) is 1. The van der Waals surface area contributed by atoms with E-state index in [1.165, 1.54) is 0 Å². The van der Waals surface area contributed by atoms with Gasteiger partial charge < -0.3 is 14.8 Å². The van der Waals surface area contributed by atoms with Crippen molar-refractivity contribution >= 4 is 34.0 Å². The fourth-order valence-corrected chi connectivity index (χ4v) is 4.17. The van der Waals surface area contributed by atoms with Gasteiger partial charge in [0.25, 0.3) is 5.91 Å². The smallest absolute Gasteiger partial charge is 0.256 e. The Morgan fingerprint density at radius 1 is 1.13 bits per heavy atom. The number of carbonyl (C=O) groups is 1. The summed E-state index contributed by atoms with van der Waals surface area (Å²) in [6, 6.07) is 9.38. The van der Waals surface area contributed by atoms with E-state index in [0.29, 0.717) is 28.4 Å². The minimum Gasteiger partial charge on any atom is -0.493 e. The first kappa shape index (κ1) is 19.9. The molecular weight excluding hydrogens is 400 g/mol. The van der Waals surface area contributed by atoms with Crippen molar-refractivity contribution in [1.82, 2.24) is 14.8 Å². The molecule has 7 nitrogen and oxygen atoms in total. The first-order valence-electron chi connectivity index (χ1n) is 9.35. The van der Waals surface area contributed by atoms with Crippen LogP contribution in [-0.4, -0.2) is 34.9 Å². The summed E-state index contributed by atoms with van der Waals surface area (Å²) in [4.78, 5) is 19.1. The fraction of sp³-hybridized carbons (Fsp3) is 0.227. The molecule has 0 radical (unpaired) electrons. The number of aromatic nitrogens is 3. The number of rotatable bonds is 5. The number of pyridine rings is 1. The first-order chi connectivity index (χ1) is 14.4. The maximum atomic E-state index is 13.4. The Bertz CT molecular complexity index is 1250. The van der Waals surface area contributed by atoms with E-state index >= 15 is 0 Å². The summed E-state index contributed by atoms with van der Waals surface area (Å²) in [6.07, 6.45) is 0. The summed E-state index contributed by atoms with van der Waals surface area (Å²) in [6.45, 7) is 3.79. The molecular formula is C22H22N4O3S. The van der Waals surface area contributed by atoms with Gasteiger partial charge >= 0.3 is 0 Å². The van der Waals surface area contributed by atoms with Crippen LogP contribution in [0.2, 0.25) is 0 Å². The second kappa shape index (κ2) is 7.79. The molecule has 0 spiro atoms. The molecule has 0 unspecified atom stereocenters. The molecule has 4 aromatic rings. The van der Waals surface area contributed by atoms with E-state index in [1.54, 1.807) is 36.3 Å². The van der Waals surface area contributed by atoms with Gasteiger partial charge in [-0.05, 0) is 43.0 Å². The van der Waals surface area contributed by atoms with E-state index in [-0.39, 0.29) is 5.91 Å². The van der Waals surface area contributed by atoms with Crippen LogP contribution in [0.5, 0.6) is 11.5 Å². The maximum Gasteiger partial charge on any atom is 0.256 e. The summed E-state index contributed by atoms with van der Waals surface area (Å²) >= 11 is 1.58. The van der Waals surface area contributed by atoms with Gasteiger partial charge in [-0.2, -0.15) is 5.10 Å². The third-order valence-corrected chi connectivity index (χ3v) is 5.86. The highest BCUT2D eigenvalue weighted by atomic mass is 32.1. The van der Waals surface area contributed by atoms with Crippen LogP contribution < -0.4 is 14.8 Å². The number of thiophene rings is 1.